The van der Waals surface area contributed by atoms with Crippen molar-refractivity contribution in [3.63, 3.8) is 0 Å². The zero-order chi connectivity index (χ0) is 15.1. The van der Waals surface area contributed by atoms with Crippen molar-refractivity contribution < 1.29 is 4.74 Å². The number of hydrogen-bond donors (Lipinski definition) is 1. The van der Waals surface area contributed by atoms with E-state index in [0.29, 0.717) is 16.9 Å². The standard InChI is InChI=1S/C16H26N2OS/c1-12(2)13(3)18(4)10-5-11-19-15-8-6-14(7-9-15)16(17)20/h6-9,12-13H,5,10-11H2,1-4H3,(H2,17,20). The maximum atomic E-state index is 5.72. The van der Waals surface area contributed by atoms with Gasteiger partial charge in [0.1, 0.15) is 10.7 Å². The molecule has 0 fully saturated rings. The molecule has 1 aromatic carbocycles. The normalized spacial score (nSPS) is 12.7. The Morgan fingerprint density at radius 2 is 1.85 bits per heavy atom. The molecule has 0 aliphatic heterocycles. The van der Waals surface area contributed by atoms with Crippen molar-refractivity contribution in [3.8, 4) is 5.75 Å². The summed E-state index contributed by atoms with van der Waals surface area (Å²) in [6, 6.07) is 8.21. The Morgan fingerprint density at radius 1 is 1.25 bits per heavy atom. The molecule has 0 bridgehead atoms. The maximum Gasteiger partial charge on any atom is 0.119 e. The summed E-state index contributed by atoms with van der Waals surface area (Å²) < 4.78 is 5.72. The molecule has 20 heavy (non-hydrogen) atoms. The molecule has 1 aromatic rings. The van der Waals surface area contributed by atoms with Crippen molar-refractivity contribution in [2.45, 2.75) is 33.2 Å². The quantitative estimate of drug-likeness (QED) is 0.591. The highest BCUT2D eigenvalue weighted by molar-refractivity contribution is 7.80. The summed E-state index contributed by atoms with van der Waals surface area (Å²) in [4.78, 5) is 2.80. The van der Waals surface area contributed by atoms with Gasteiger partial charge in [0.15, 0.2) is 0 Å². The van der Waals surface area contributed by atoms with Crippen LogP contribution in [-0.2, 0) is 0 Å². The molecular weight excluding hydrogens is 268 g/mol. The molecule has 1 atom stereocenters. The van der Waals surface area contributed by atoms with Crippen LogP contribution >= 0.6 is 12.2 Å². The Labute approximate surface area is 128 Å². The van der Waals surface area contributed by atoms with Gasteiger partial charge in [-0.1, -0.05) is 26.1 Å². The molecular formula is C16H26N2OS. The van der Waals surface area contributed by atoms with Crippen LogP contribution in [-0.4, -0.2) is 36.1 Å². The van der Waals surface area contributed by atoms with Crippen LogP contribution in [0.4, 0.5) is 0 Å². The fraction of sp³-hybridized carbons (Fsp3) is 0.562. The highest BCUT2D eigenvalue weighted by Crippen LogP contribution is 2.13. The van der Waals surface area contributed by atoms with Crippen LogP contribution < -0.4 is 10.5 Å². The van der Waals surface area contributed by atoms with Crippen LogP contribution in [0.3, 0.4) is 0 Å². The molecule has 0 radical (unpaired) electrons. The predicted octanol–water partition coefficient (Wildman–Crippen LogP) is 3.07. The summed E-state index contributed by atoms with van der Waals surface area (Å²) >= 11 is 4.92. The van der Waals surface area contributed by atoms with Gasteiger partial charge >= 0.3 is 0 Å². The Kier molecular flexibility index (Phi) is 6.96. The summed E-state index contributed by atoms with van der Waals surface area (Å²) in [5.41, 5.74) is 6.43. The summed E-state index contributed by atoms with van der Waals surface area (Å²) in [7, 11) is 2.17. The van der Waals surface area contributed by atoms with Gasteiger partial charge in [0.25, 0.3) is 0 Å². The lowest BCUT2D eigenvalue weighted by Crippen LogP contribution is -2.34. The fourth-order valence-electron chi connectivity index (χ4n) is 1.93. The molecule has 1 unspecified atom stereocenters. The number of rotatable bonds is 8. The van der Waals surface area contributed by atoms with Crippen molar-refractivity contribution in [3.05, 3.63) is 29.8 Å². The van der Waals surface area contributed by atoms with Crippen LogP contribution in [0.25, 0.3) is 0 Å². The van der Waals surface area contributed by atoms with Gasteiger partial charge in [0.2, 0.25) is 0 Å². The first-order valence-corrected chi connectivity index (χ1v) is 7.55. The first kappa shape index (κ1) is 16.9. The van der Waals surface area contributed by atoms with E-state index in [0.717, 1.165) is 30.9 Å². The van der Waals surface area contributed by atoms with Gasteiger partial charge in [-0.3, -0.25) is 0 Å². The topological polar surface area (TPSA) is 38.5 Å². The number of thiocarbonyl (C=S) groups is 1. The minimum Gasteiger partial charge on any atom is -0.494 e. The van der Waals surface area contributed by atoms with E-state index < -0.39 is 0 Å². The molecule has 0 aromatic heterocycles. The molecule has 0 saturated heterocycles. The van der Waals surface area contributed by atoms with Gasteiger partial charge < -0.3 is 15.4 Å². The van der Waals surface area contributed by atoms with Gasteiger partial charge in [-0.05, 0) is 50.6 Å². The van der Waals surface area contributed by atoms with Gasteiger partial charge in [-0.25, -0.2) is 0 Å². The molecule has 0 amide bonds. The molecule has 2 N–H and O–H groups in total. The number of nitrogens with two attached hydrogens (primary N) is 1. The number of benzene rings is 1. The highest BCUT2D eigenvalue weighted by atomic mass is 32.1. The van der Waals surface area contributed by atoms with Gasteiger partial charge in [-0.15, -0.1) is 0 Å². The molecule has 0 aliphatic carbocycles. The molecule has 4 heteroatoms. The summed E-state index contributed by atoms with van der Waals surface area (Å²) in [6.45, 7) is 8.54. The minimum absolute atomic E-state index is 0.417. The Morgan fingerprint density at radius 3 is 2.35 bits per heavy atom. The molecule has 0 aliphatic rings. The van der Waals surface area contributed by atoms with E-state index in [-0.39, 0.29) is 0 Å². The van der Waals surface area contributed by atoms with E-state index in [1.165, 1.54) is 0 Å². The van der Waals surface area contributed by atoms with E-state index in [1.54, 1.807) is 0 Å². The van der Waals surface area contributed by atoms with E-state index in [1.807, 2.05) is 24.3 Å². The van der Waals surface area contributed by atoms with Crippen LogP contribution in [0.5, 0.6) is 5.75 Å². The largest absolute Gasteiger partial charge is 0.494 e. The van der Waals surface area contributed by atoms with Gasteiger partial charge in [0, 0.05) is 18.2 Å². The zero-order valence-electron chi connectivity index (χ0n) is 12.9. The van der Waals surface area contributed by atoms with Crippen LogP contribution in [0.15, 0.2) is 24.3 Å². The van der Waals surface area contributed by atoms with Crippen LogP contribution in [0, 0.1) is 5.92 Å². The minimum atomic E-state index is 0.417. The van der Waals surface area contributed by atoms with Crippen molar-refractivity contribution in [2.75, 3.05) is 20.2 Å². The SMILES string of the molecule is CC(C)C(C)N(C)CCCOc1ccc(C(N)=S)cc1. The average Bonchev–Trinajstić information content (AvgIpc) is 2.42. The molecule has 0 heterocycles. The zero-order valence-corrected chi connectivity index (χ0v) is 13.7. The first-order chi connectivity index (χ1) is 9.41. The van der Waals surface area contributed by atoms with Crippen LogP contribution in [0.1, 0.15) is 32.8 Å². The molecule has 1 rings (SSSR count). The lowest BCUT2D eigenvalue weighted by Gasteiger charge is -2.27. The molecule has 112 valence electrons. The molecule has 0 spiro atoms. The van der Waals surface area contributed by atoms with Crippen LogP contribution in [0.2, 0.25) is 0 Å². The lowest BCUT2D eigenvalue weighted by molar-refractivity contribution is 0.189. The predicted molar refractivity (Wildman–Crippen MR) is 89.4 cm³/mol. The van der Waals surface area contributed by atoms with Crippen molar-refractivity contribution in [1.29, 1.82) is 0 Å². The van der Waals surface area contributed by atoms with E-state index in [4.69, 9.17) is 22.7 Å². The van der Waals surface area contributed by atoms with Crippen molar-refractivity contribution in [1.82, 2.24) is 4.90 Å². The number of hydrogen-bond acceptors (Lipinski definition) is 3. The third kappa shape index (κ3) is 5.47. The number of ether oxygens (including phenoxy) is 1. The van der Waals surface area contributed by atoms with Gasteiger partial charge in [-0.2, -0.15) is 0 Å². The summed E-state index contributed by atoms with van der Waals surface area (Å²) in [5.74, 6) is 1.54. The summed E-state index contributed by atoms with van der Waals surface area (Å²) in [5, 5.41) is 0. The first-order valence-electron chi connectivity index (χ1n) is 7.14. The second-order valence-electron chi connectivity index (χ2n) is 5.56. The number of nitrogens with zero attached hydrogens (tertiary/aromatic N) is 1. The Hall–Kier alpha value is -1.13. The summed E-state index contributed by atoms with van der Waals surface area (Å²) in [6.07, 6.45) is 1.02. The van der Waals surface area contributed by atoms with Gasteiger partial charge in [0.05, 0.1) is 6.61 Å². The Bertz CT molecular complexity index is 417. The Balaban J connectivity index is 2.29. The fourth-order valence-corrected chi connectivity index (χ4v) is 2.07. The lowest BCUT2D eigenvalue weighted by atomic mass is 10.1. The maximum absolute atomic E-state index is 5.72. The average molecular weight is 294 g/mol. The molecule has 0 saturated carbocycles. The third-order valence-electron chi connectivity index (χ3n) is 3.72. The smallest absolute Gasteiger partial charge is 0.119 e. The van der Waals surface area contributed by atoms with E-state index >= 15 is 0 Å². The second kappa shape index (κ2) is 8.22. The van der Waals surface area contributed by atoms with Crippen molar-refractivity contribution in [2.24, 2.45) is 11.7 Å². The monoisotopic (exact) mass is 294 g/mol. The molecule has 3 nitrogen and oxygen atoms in total. The van der Waals surface area contributed by atoms with Crippen molar-refractivity contribution >= 4 is 17.2 Å². The van der Waals surface area contributed by atoms with E-state index in [9.17, 15) is 0 Å². The third-order valence-corrected chi connectivity index (χ3v) is 3.96. The second-order valence-corrected chi connectivity index (χ2v) is 6.00. The highest BCUT2D eigenvalue weighted by Gasteiger charge is 2.12. The van der Waals surface area contributed by atoms with E-state index in [2.05, 4.69) is 32.7 Å².